The Kier molecular flexibility index (Phi) is 2.73. The molecule has 2 atom stereocenters. The van der Waals surface area contributed by atoms with E-state index in [0.29, 0.717) is 0 Å². The molecule has 0 bridgehead atoms. The fraction of sp³-hybridized carbons (Fsp3) is 0.667. The summed E-state index contributed by atoms with van der Waals surface area (Å²) >= 11 is 0. The van der Waals surface area contributed by atoms with Crippen molar-refractivity contribution in [2.75, 3.05) is 4.90 Å². The number of carbonyl (C=O) groups is 1. The van der Waals surface area contributed by atoms with Crippen molar-refractivity contribution in [2.24, 2.45) is 11.1 Å². The molecule has 2 heterocycles. The third-order valence-corrected chi connectivity index (χ3v) is 2.98. The Balaban J connectivity index is 2.12. The lowest BCUT2D eigenvalue weighted by Gasteiger charge is -2.42. The SMILES string of the molecule is CC1C(N)C(=O)N1c1cnn(CC(C)(C)C)c1. The molecule has 0 aromatic carbocycles. The monoisotopic (exact) mass is 236 g/mol. The predicted molar refractivity (Wildman–Crippen MR) is 66.6 cm³/mol. The zero-order chi connectivity index (χ0) is 12.8. The van der Waals surface area contributed by atoms with Gasteiger partial charge in [0.25, 0.3) is 0 Å². The topological polar surface area (TPSA) is 64.2 Å². The summed E-state index contributed by atoms with van der Waals surface area (Å²) in [7, 11) is 0. The van der Waals surface area contributed by atoms with Crippen molar-refractivity contribution in [1.29, 1.82) is 0 Å². The first kappa shape index (κ1) is 12.1. The molecule has 1 amide bonds. The van der Waals surface area contributed by atoms with Gasteiger partial charge in [0, 0.05) is 12.7 Å². The van der Waals surface area contributed by atoms with E-state index in [0.717, 1.165) is 12.2 Å². The third-order valence-electron chi connectivity index (χ3n) is 2.98. The van der Waals surface area contributed by atoms with Crippen LogP contribution in [0.25, 0.3) is 0 Å². The summed E-state index contributed by atoms with van der Waals surface area (Å²) < 4.78 is 1.87. The quantitative estimate of drug-likeness (QED) is 0.779. The van der Waals surface area contributed by atoms with Crippen LogP contribution in [0.15, 0.2) is 12.4 Å². The molecule has 1 aliphatic rings. The van der Waals surface area contributed by atoms with Gasteiger partial charge >= 0.3 is 0 Å². The van der Waals surface area contributed by atoms with Gasteiger partial charge in [0.05, 0.1) is 17.9 Å². The Morgan fingerprint density at radius 1 is 1.47 bits per heavy atom. The van der Waals surface area contributed by atoms with E-state index < -0.39 is 0 Å². The molecule has 0 aliphatic carbocycles. The van der Waals surface area contributed by atoms with Gasteiger partial charge in [-0.15, -0.1) is 0 Å². The number of hydrogen-bond donors (Lipinski definition) is 1. The zero-order valence-corrected chi connectivity index (χ0v) is 10.8. The van der Waals surface area contributed by atoms with E-state index in [1.807, 2.05) is 17.8 Å². The molecular formula is C12H20N4O. The number of aromatic nitrogens is 2. The zero-order valence-electron chi connectivity index (χ0n) is 10.8. The van der Waals surface area contributed by atoms with E-state index in [1.54, 1.807) is 11.1 Å². The molecule has 5 nitrogen and oxygen atoms in total. The Morgan fingerprint density at radius 2 is 2.12 bits per heavy atom. The minimum atomic E-state index is -0.360. The van der Waals surface area contributed by atoms with E-state index in [9.17, 15) is 4.79 Å². The summed E-state index contributed by atoms with van der Waals surface area (Å²) in [5, 5.41) is 4.28. The summed E-state index contributed by atoms with van der Waals surface area (Å²) in [5.41, 5.74) is 6.70. The van der Waals surface area contributed by atoms with Crippen LogP contribution in [0.1, 0.15) is 27.7 Å². The number of nitrogens with two attached hydrogens (primary N) is 1. The maximum absolute atomic E-state index is 11.6. The lowest BCUT2D eigenvalue weighted by Crippen LogP contribution is -2.67. The molecule has 0 saturated carbocycles. The second kappa shape index (κ2) is 3.84. The molecule has 5 heteroatoms. The van der Waals surface area contributed by atoms with Gasteiger partial charge in [-0.25, -0.2) is 0 Å². The van der Waals surface area contributed by atoms with Crippen molar-refractivity contribution in [3.63, 3.8) is 0 Å². The van der Waals surface area contributed by atoms with Gasteiger partial charge in [0.1, 0.15) is 6.04 Å². The van der Waals surface area contributed by atoms with E-state index in [1.165, 1.54) is 0 Å². The number of amides is 1. The van der Waals surface area contributed by atoms with Crippen molar-refractivity contribution in [3.8, 4) is 0 Å². The first-order chi connectivity index (χ1) is 7.79. The molecule has 1 fully saturated rings. The Morgan fingerprint density at radius 3 is 2.65 bits per heavy atom. The van der Waals surface area contributed by atoms with Gasteiger partial charge in [0.15, 0.2) is 0 Å². The highest BCUT2D eigenvalue weighted by Crippen LogP contribution is 2.27. The van der Waals surface area contributed by atoms with Crippen molar-refractivity contribution in [2.45, 2.75) is 46.3 Å². The van der Waals surface area contributed by atoms with E-state index in [4.69, 9.17) is 5.73 Å². The van der Waals surface area contributed by atoms with E-state index in [2.05, 4.69) is 25.9 Å². The normalized spacial score (nSPS) is 25.0. The predicted octanol–water partition coefficient (Wildman–Crippen LogP) is 0.992. The lowest BCUT2D eigenvalue weighted by molar-refractivity contribution is -0.125. The number of nitrogens with zero attached hydrogens (tertiary/aromatic N) is 3. The maximum atomic E-state index is 11.6. The molecule has 2 N–H and O–H groups in total. The number of anilines is 1. The van der Waals surface area contributed by atoms with Crippen molar-refractivity contribution in [3.05, 3.63) is 12.4 Å². The van der Waals surface area contributed by atoms with Crippen LogP contribution >= 0.6 is 0 Å². The van der Waals surface area contributed by atoms with Gasteiger partial charge in [-0.2, -0.15) is 5.10 Å². The number of rotatable bonds is 2. The summed E-state index contributed by atoms with van der Waals surface area (Å²) in [6, 6.07) is -0.296. The number of β-lactam (4-membered cyclic amide) rings is 1. The fourth-order valence-corrected chi connectivity index (χ4v) is 2.06. The first-order valence-electron chi connectivity index (χ1n) is 5.91. The molecule has 1 saturated heterocycles. The molecule has 2 unspecified atom stereocenters. The molecule has 1 aliphatic heterocycles. The summed E-state index contributed by atoms with van der Waals surface area (Å²) in [4.78, 5) is 13.3. The Labute approximate surface area is 102 Å². The minimum Gasteiger partial charge on any atom is -0.318 e. The van der Waals surface area contributed by atoms with Crippen molar-refractivity contribution >= 4 is 11.6 Å². The molecular weight excluding hydrogens is 216 g/mol. The molecule has 1 aromatic rings. The molecule has 2 rings (SSSR count). The number of carbonyl (C=O) groups excluding carboxylic acids is 1. The summed E-state index contributed by atoms with van der Waals surface area (Å²) in [5.74, 6) is -0.0205. The average Bonchev–Trinajstić information content (AvgIpc) is 2.63. The maximum Gasteiger partial charge on any atom is 0.246 e. The van der Waals surface area contributed by atoms with Crippen LogP contribution in [0, 0.1) is 5.41 Å². The summed E-state index contributed by atoms with van der Waals surface area (Å²) in [6.07, 6.45) is 3.64. The highest BCUT2D eigenvalue weighted by Gasteiger charge is 2.43. The molecule has 0 radical (unpaired) electrons. The van der Waals surface area contributed by atoms with Crippen LogP contribution < -0.4 is 10.6 Å². The van der Waals surface area contributed by atoms with Crippen LogP contribution in [-0.4, -0.2) is 27.8 Å². The van der Waals surface area contributed by atoms with Crippen LogP contribution in [-0.2, 0) is 11.3 Å². The average molecular weight is 236 g/mol. The number of hydrogen-bond acceptors (Lipinski definition) is 3. The second-order valence-corrected chi connectivity index (χ2v) is 5.93. The molecule has 0 spiro atoms. The Hall–Kier alpha value is -1.36. The van der Waals surface area contributed by atoms with Crippen LogP contribution in [0.3, 0.4) is 0 Å². The highest BCUT2D eigenvalue weighted by atomic mass is 16.2. The molecule has 17 heavy (non-hydrogen) atoms. The van der Waals surface area contributed by atoms with Crippen molar-refractivity contribution < 1.29 is 4.79 Å². The smallest absolute Gasteiger partial charge is 0.246 e. The minimum absolute atomic E-state index is 0.0205. The van der Waals surface area contributed by atoms with Gasteiger partial charge in [-0.1, -0.05) is 20.8 Å². The fourth-order valence-electron chi connectivity index (χ4n) is 2.06. The Bertz CT molecular complexity index is 432. The van der Waals surface area contributed by atoms with Crippen LogP contribution in [0.2, 0.25) is 0 Å². The molecule has 1 aromatic heterocycles. The second-order valence-electron chi connectivity index (χ2n) is 5.93. The van der Waals surface area contributed by atoms with Gasteiger partial charge in [0.2, 0.25) is 5.91 Å². The van der Waals surface area contributed by atoms with E-state index >= 15 is 0 Å². The van der Waals surface area contributed by atoms with Crippen LogP contribution in [0.5, 0.6) is 0 Å². The van der Waals surface area contributed by atoms with Gasteiger partial charge in [-0.3, -0.25) is 9.48 Å². The highest BCUT2D eigenvalue weighted by molar-refractivity contribution is 6.05. The standard InChI is InChI=1S/C12H20N4O/c1-8-10(13)11(17)16(8)9-5-14-15(6-9)7-12(2,3)4/h5-6,8,10H,7,13H2,1-4H3. The van der Waals surface area contributed by atoms with E-state index in [-0.39, 0.29) is 23.4 Å². The third kappa shape index (κ3) is 2.20. The van der Waals surface area contributed by atoms with Gasteiger partial charge in [-0.05, 0) is 12.3 Å². The van der Waals surface area contributed by atoms with Gasteiger partial charge < -0.3 is 10.6 Å². The van der Waals surface area contributed by atoms with Crippen LogP contribution in [0.4, 0.5) is 5.69 Å². The molecule has 94 valence electrons. The first-order valence-corrected chi connectivity index (χ1v) is 5.91. The lowest BCUT2D eigenvalue weighted by atomic mass is 9.97. The summed E-state index contributed by atoms with van der Waals surface area (Å²) in [6.45, 7) is 9.24. The van der Waals surface area contributed by atoms with Crippen molar-refractivity contribution in [1.82, 2.24) is 9.78 Å². The largest absolute Gasteiger partial charge is 0.318 e.